The van der Waals surface area contributed by atoms with Crippen molar-refractivity contribution in [3.8, 4) is 0 Å². The number of carbonyl (C=O) groups is 2. The standard InChI is InChI=1S/C16H17F11O4/c1-7(2)9(31-10(28)8(3)4)13(19,20)11(29)30-6-5-12(17,18)14(21,22)15(23,24)16(25,26)27/h7,9H,3,5-6H2,1-2,4H3. The Labute approximate surface area is 168 Å². The van der Waals surface area contributed by atoms with E-state index in [4.69, 9.17) is 0 Å². The lowest BCUT2D eigenvalue weighted by molar-refractivity contribution is -0.397. The van der Waals surface area contributed by atoms with E-state index in [0.29, 0.717) is 0 Å². The normalized spacial score (nSPS) is 14.9. The van der Waals surface area contributed by atoms with Gasteiger partial charge in [0.2, 0.25) is 0 Å². The van der Waals surface area contributed by atoms with Crippen molar-refractivity contribution in [2.24, 2.45) is 5.92 Å². The summed E-state index contributed by atoms with van der Waals surface area (Å²) in [4.78, 5) is 22.9. The number of rotatable bonds is 10. The maximum Gasteiger partial charge on any atom is 0.460 e. The molecule has 182 valence electrons. The van der Waals surface area contributed by atoms with E-state index in [0.717, 1.165) is 20.8 Å². The number of halogens is 11. The zero-order chi connectivity index (χ0) is 25.2. The quantitative estimate of drug-likeness (QED) is 0.245. The van der Waals surface area contributed by atoms with Gasteiger partial charge in [-0.15, -0.1) is 0 Å². The summed E-state index contributed by atoms with van der Waals surface area (Å²) in [6.07, 6.45) is -12.2. The third-order valence-corrected chi connectivity index (χ3v) is 3.68. The number of hydrogen-bond acceptors (Lipinski definition) is 4. The van der Waals surface area contributed by atoms with E-state index in [1.165, 1.54) is 0 Å². The minimum absolute atomic E-state index is 0.359. The number of carbonyl (C=O) groups excluding carboxylic acids is 2. The fourth-order valence-corrected chi connectivity index (χ4v) is 1.89. The van der Waals surface area contributed by atoms with Gasteiger partial charge in [0.05, 0.1) is 13.0 Å². The van der Waals surface area contributed by atoms with Crippen molar-refractivity contribution in [2.75, 3.05) is 6.61 Å². The van der Waals surface area contributed by atoms with Crippen molar-refractivity contribution in [3.05, 3.63) is 12.2 Å². The van der Waals surface area contributed by atoms with Crippen LogP contribution >= 0.6 is 0 Å². The number of ether oxygens (including phenoxy) is 2. The lowest BCUT2D eigenvalue weighted by Crippen LogP contribution is -2.61. The Bertz CT molecular complexity index is 684. The highest BCUT2D eigenvalue weighted by atomic mass is 19.4. The van der Waals surface area contributed by atoms with Gasteiger partial charge in [-0.2, -0.15) is 48.3 Å². The highest BCUT2D eigenvalue weighted by Gasteiger charge is 2.81. The summed E-state index contributed by atoms with van der Waals surface area (Å²) < 4.78 is 151. The molecule has 0 aliphatic rings. The first kappa shape index (κ1) is 28.9. The van der Waals surface area contributed by atoms with E-state index in [1.807, 2.05) is 0 Å². The molecule has 1 atom stereocenters. The fraction of sp³-hybridized carbons (Fsp3) is 0.750. The van der Waals surface area contributed by atoms with E-state index >= 15 is 0 Å². The average molecular weight is 482 g/mol. The summed E-state index contributed by atoms with van der Waals surface area (Å²) in [6.45, 7) is 4.18. The minimum atomic E-state index is -7.17. The molecule has 1 unspecified atom stereocenters. The lowest BCUT2D eigenvalue weighted by atomic mass is 10.00. The van der Waals surface area contributed by atoms with Crippen LogP contribution < -0.4 is 0 Å². The van der Waals surface area contributed by atoms with Gasteiger partial charge in [-0.3, -0.25) is 0 Å². The molecule has 0 bridgehead atoms. The van der Waals surface area contributed by atoms with Crippen LogP contribution in [0.3, 0.4) is 0 Å². The maximum atomic E-state index is 14.2. The van der Waals surface area contributed by atoms with Crippen LogP contribution in [0, 0.1) is 5.92 Å². The van der Waals surface area contributed by atoms with Gasteiger partial charge in [-0.05, 0) is 12.8 Å². The summed E-state index contributed by atoms with van der Waals surface area (Å²) in [5.41, 5.74) is -0.359. The largest absolute Gasteiger partial charge is 0.461 e. The predicted octanol–water partition coefficient (Wildman–Crippen LogP) is 5.17. The summed E-state index contributed by atoms with van der Waals surface area (Å²) in [5, 5.41) is 0. The fourth-order valence-electron chi connectivity index (χ4n) is 1.89. The molecule has 0 fully saturated rings. The van der Waals surface area contributed by atoms with E-state index in [2.05, 4.69) is 16.1 Å². The molecule has 31 heavy (non-hydrogen) atoms. The van der Waals surface area contributed by atoms with E-state index in [-0.39, 0.29) is 5.57 Å². The predicted molar refractivity (Wildman–Crippen MR) is 81.0 cm³/mol. The van der Waals surface area contributed by atoms with Gasteiger partial charge in [0.25, 0.3) is 0 Å². The van der Waals surface area contributed by atoms with Gasteiger partial charge in [-0.1, -0.05) is 20.4 Å². The molecule has 0 N–H and O–H groups in total. The molecule has 0 aromatic rings. The van der Waals surface area contributed by atoms with Crippen LogP contribution in [0.4, 0.5) is 48.3 Å². The zero-order valence-corrected chi connectivity index (χ0v) is 16.1. The van der Waals surface area contributed by atoms with E-state index in [1.54, 1.807) is 0 Å². The molecule has 0 aliphatic heterocycles. The molecule has 0 aliphatic carbocycles. The summed E-state index contributed by atoms with van der Waals surface area (Å²) in [7, 11) is 0. The Morgan fingerprint density at radius 1 is 0.871 bits per heavy atom. The molecule has 0 radical (unpaired) electrons. The molecular weight excluding hydrogens is 465 g/mol. The van der Waals surface area contributed by atoms with Gasteiger partial charge < -0.3 is 9.47 Å². The summed E-state index contributed by atoms with van der Waals surface area (Å²) >= 11 is 0. The van der Waals surface area contributed by atoms with Gasteiger partial charge in [0.15, 0.2) is 6.10 Å². The first-order chi connectivity index (χ1) is 13.5. The van der Waals surface area contributed by atoms with Gasteiger partial charge >= 0.3 is 41.8 Å². The minimum Gasteiger partial charge on any atom is -0.461 e. The lowest BCUT2D eigenvalue weighted by Gasteiger charge is -2.33. The van der Waals surface area contributed by atoms with Crippen LogP contribution in [-0.4, -0.2) is 54.5 Å². The molecule has 0 spiro atoms. The molecule has 0 aromatic heterocycles. The van der Waals surface area contributed by atoms with Crippen LogP contribution in [-0.2, 0) is 19.1 Å². The Morgan fingerprint density at radius 2 is 1.32 bits per heavy atom. The van der Waals surface area contributed by atoms with Crippen LogP contribution in [0.25, 0.3) is 0 Å². The smallest absolute Gasteiger partial charge is 0.460 e. The summed E-state index contributed by atoms with van der Waals surface area (Å²) in [5.74, 6) is -30.3. The highest BCUT2D eigenvalue weighted by molar-refractivity contribution is 5.87. The monoisotopic (exact) mass is 482 g/mol. The van der Waals surface area contributed by atoms with Crippen LogP contribution in [0.5, 0.6) is 0 Å². The zero-order valence-electron chi connectivity index (χ0n) is 16.1. The SMILES string of the molecule is C=C(C)C(=O)OC(C(C)C)C(F)(F)C(=O)OCCC(F)(F)C(F)(F)C(F)(F)C(F)(F)F. The van der Waals surface area contributed by atoms with Crippen molar-refractivity contribution in [1.29, 1.82) is 0 Å². The third-order valence-electron chi connectivity index (χ3n) is 3.68. The molecule has 4 nitrogen and oxygen atoms in total. The van der Waals surface area contributed by atoms with Crippen LogP contribution in [0.2, 0.25) is 0 Å². The molecule has 0 saturated carbocycles. The molecule has 0 rings (SSSR count). The Balaban J connectivity index is 5.39. The molecule has 15 heteroatoms. The highest BCUT2D eigenvalue weighted by Crippen LogP contribution is 2.54. The molecular formula is C16H17F11O4. The van der Waals surface area contributed by atoms with Crippen molar-refractivity contribution in [3.63, 3.8) is 0 Å². The average Bonchev–Trinajstić information content (AvgIpc) is 2.56. The topological polar surface area (TPSA) is 52.6 Å². The Kier molecular flexibility index (Phi) is 8.57. The van der Waals surface area contributed by atoms with Crippen molar-refractivity contribution in [1.82, 2.24) is 0 Å². The molecule has 0 amide bonds. The number of hydrogen-bond donors (Lipinski definition) is 0. The van der Waals surface area contributed by atoms with E-state index < -0.39 is 66.9 Å². The second-order valence-electron chi connectivity index (χ2n) is 6.71. The van der Waals surface area contributed by atoms with Gasteiger partial charge in [0.1, 0.15) is 0 Å². The van der Waals surface area contributed by atoms with Crippen molar-refractivity contribution < 1.29 is 67.4 Å². The summed E-state index contributed by atoms with van der Waals surface area (Å²) in [6, 6.07) is 0. The van der Waals surface area contributed by atoms with Crippen molar-refractivity contribution >= 4 is 11.9 Å². The Hall–Kier alpha value is -2.09. The third kappa shape index (κ3) is 5.99. The first-order valence-electron chi connectivity index (χ1n) is 8.15. The second kappa shape index (κ2) is 9.18. The molecule has 0 heterocycles. The van der Waals surface area contributed by atoms with Crippen LogP contribution in [0.15, 0.2) is 12.2 Å². The maximum absolute atomic E-state index is 14.2. The molecule has 0 aromatic carbocycles. The number of esters is 2. The second-order valence-corrected chi connectivity index (χ2v) is 6.71. The van der Waals surface area contributed by atoms with Crippen LogP contribution in [0.1, 0.15) is 27.2 Å². The van der Waals surface area contributed by atoms with Gasteiger partial charge in [0, 0.05) is 5.57 Å². The van der Waals surface area contributed by atoms with Gasteiger partial charge in [-0.25, -0.2) is 9.59 Å². The van der Waals surface area contributed by atoms with E-state index in [9.17, 15) is 57.9 Å². The van der Waals surface area contributed by atoms with Crippen molar-refractivity contribution in [2.45, 2.75) is 63.2 Å². The number of alkyl halides is 11. The molecule has 0 saturated heterocycles. The first-order valence-corrected chi connectivity index (χ1v) is 8.15. The Morgan fingerprint density at radius 3 is 1.68 bits per heavy atom.